The first kappa shape index (κ1) is 11.7. The van der Waals surface area contributed by atoms with Crippen LogP contribution in [0.25, 0.3) is 0 Å². The van der Waals surface area contributed by atoms with Crippen molar-refractivity contribution in [1.82, 2.24) is 5.32 Å². The summed E-state index contributed by atoms with van der Waals surface area (Å²) in [6, 6.07) is 8.36. The number of nitrogens with one attached hydrogen (secondary N) is 1. The van der Waals surface area contributed by atoms with Crippen LogP contribution < -0.4 is 10.2 Å². The average Bonchev–Trinajstić information content (AvgIpc) is 2.85. The van der Waals surface area contributed by atoms with E-state index in [4.69, 9.17) is 0 Å². The topological polar surface area (TPSA) is 32.3 Å². The highest BCUT2D eigenvalue weighted by Gasteiger charge is 2.47. The largest absolute Gasteiger partial charge is 0.316 e. The molecule has 1 spiro atoms. The fourth-order valence-corrected chi connectivity index (χ4v) is 3.28. The van der Waals surface area contributed by atoms with Crippen LogP contribution in [-0.2, 0) is 11.2 Å². The molecule has 1 aromatic carbocycles. The van der Waals surface area contributed by atoms with Crippen LogP contribution in [0.2, 0.25) is 0 Å². The maximum absolute atomic E-state index is 12.8. The van der Waals surface area contributed by atoms with E-state index in [2.05, 4.69) is 30.4 Å². The number of anilines is 1. The van der Waals surface area contributed by atoms with E-state index in [9.17, 15) is 4.79 Å². The van der Waals surface area contributed by atoms with Crippen LogP contribution in [0, 0.1) is 5.41 Å². The van der Waals surface area contributed by atoms with E-state index < -0.39 is 0 Å². The normalized spacial score (nSPS) is 26.7. The van der Waals surface area contributed by atoms with Gasteiger partial charge >= 0.3 is 0 Å². The molecule has 3 nitrogen and oxygen atoms in total. The van der Waals surface area contributed by atoms with E-state index >= 15 is 0 Å². The quantitative estimate of drug-likeness (QED) is 0.862. The third kappa shape index (κ3) is 1.65. The van der Waals surface area contributed by atoms with E-state index in [1.54, 1.807) is 0 Å². The van der Waals surface area contributed by atoms with Crippen LogP contribution >= 0.6 is 0 Å². The summed E-state index contributed by atoms with van der Waals surface area (Å²) >= 11 is 0. The Morgan fingerprint density at radius 2 is 2.22 bits per heavy atom. The number of rotatable bonds is 2. The van der Waals surface area contributed by atoms with Gasteiger partial charge in [-0.1, -0.05) is 25.1 Å². The lowest BCUT2D eigenvalue weighted by Gasteiger charge is -2.40. The minimum absolute atomic E-state index is 0.177. The Balaban J connectivity index is 2.04. The zero-order valence-electron chi connectivity index (χ0n) is 10.9. The first-order valence-electron chi connectivity index (χ1n) is 6.87. The maximum atomic E-state index is 12.8. The van der Waals surface area contributed by atoms with E-state index in [0.717, 1.165) is 44.6 Å². The molecule has 2 aliphatic heterocycles. The molecule has 3 heteroatoms. The van der Waals surface area contributed by atoms with Crippen LogP contribution in [0.4, 0.5) is 5.69 Å². The molecule has 0 saturated carbocycles. The summed E-state index contributed by atoms with van der Waals surface area (Å²) < 4.78 is 0. The zero-order chi connectivity index (χ0) is 12.6. The van der Waals surface area contributed by atoms with E-state index in [0.29, 0.717) is 5.91 Å². The second-order valence-corrected chi connectivity index (χ2v) is 5.47. The predicted molar refractivity (Wildman–Crippen MR) is 72.7 cm³/mol. The van der Waals surface area contributed by atoms with Gasteiger partial charge in [0.1, 0.15) is 0 Å². The number of amides is 1. The van der Waals surface area contributed by atoms with Gasteiger partial charge in [0.05, 0.1) is 5.41 Å². The first-order valence-corrected chi connectivity index (χ1v) is 6.87. The second-order valence-electron chi connectivity index (χ2n) is 5.47. The summed E-state index contributed by atoms with van der Waals surface area (Å²) in [7, 11) is 0. The predicted octanol–water partition coefficient (Wildman–Crippen LogP) is 1.97. The van der Waals surface area contributed by atoms with Gasteiger partial charge in [-0.15, -0.1) is 0 Å². The standard InChI is InChI=1S/C15H20N2O/c1-2-9-17-13-6-4-3-5-12(13)10-15(14(17)18)7-8-16-11-15/h3-6,16H,2,7-11H2,1H3. The molecule has 18 heavy (non-hydrogen) atoms. The van der Waals surface area contributed by atoms with E-state index in [-0.39, 0.29) is 5.41 Å². The van der Waals surface area contributed by atoms with Crippen molar-refractivity contribution in [3.8, 4) is 0 Å². The van der Waals surface area contributed by atoms with E-state index in [1.807, 2.05) is 11.0 Å². The molecule has 0 radical (unpaired) electrons. The lowest BCUT2D eigenvalue weighted by atomic mass is 9.76. The number of hydrogen-bond donors (Lipinski definition) is 1. The van der Waals surface area contributed by atoms with Gasteiger partial charge in [-0.2, -0.15) is 0 Å². The zero-order valence-corrected chi connectivity index (χ0v) is 10.9. The Morgan fingerprint density at radius 1 is 1.39 bits per heavy atom. The van der Waals surface area contributed by atoms with Crippen molar-refractivity contribution in [1.29, 1.82) is 0 Å². The van der Waals surface area contributed by atoms with Crippen molar-refractivity contribution in [3.05, 3.63) is 29.8 Å². The smallest absolute Gasteiger partial charge is 0.234 e. The van der Waals surface area contributed by atoms with Crippen molar-refractivity contribution in [2.24, 2.45) is 5.41 Å². The van der Waals surface area contributed by atoms with Crippen LogP contribution in [0.15, 0.2) is 24.3 Å². The minimum atomic E-state index is -0.177. The van der Waals surface area contributed by atoms with Gasteiger partial charge < -0.3 is 10.2 Å². The molecule has 1 atom stereocenters. The molecule has 0 aliphatic carbocycles. The van der Waals surface area contributed by atoms with Gasteiger partial charge in [0.2, 0.25) is 5.91 Å². The molecular weight excluding hydrogens is 224 g/mol. The molecule has 1 amide bonds. The van der Waals surface area contributed by atoms with E-state index in [1.165, 1.54) is 5.56 Å². The van der Waals surface area contributed by atoms with Crippen LogP contribution in [0.1, 0.15) is 25.3 Å². The Bertz CT molecular complexity index is 463. The fourth-order valence-electron chi connectivity index (χ4n) is 3.28. The van der Waals surface area contributed by atoms with Crippen molar-refractivity contribution in [3.63, 3.8) is 0 Å². The van der Waals surface area contributed by atoms with Gasteiger partial charge in [-0.25, -0.2) is 0 Å². The van der Waals surface area contributed by atoms with Crippen molar-refractivity contribution < 1.29 is 4.79 Å². The Hall–Kier alpha value is -1.35. The van der Waals surface area contributed by atoms with Gasteiger partial charge in [-0.3, -0.25) is 4.79 Å². The molecular formula is C15H20N2O. The summed E-state index contributed by atoms with van der Waals surface area (Å²) in [5.41, 5.74) is 2.28. The number of para-hydroxylation sites is 1. The summed E-state index contributed by atoms with van der Waals surface area (Å²) in [6.45, 7) is 4.76. The highest BCUT2D eigenvalue weighted by molar-refractivity contribution is 6.01. The summed E-state index contributed by atoms with van der Waals surface area (Å²) in [4.78, 5) is 14.8. The first-order chi connectivity index (χ1) is 8.77. The van der Waals surface area contributed by atoms with Gasteiger partial charge in [0, 0.05) is 18.8 Å². The maximum Gasteiger partial charge on any atom is 0.234 e. The van der Waals surface area contributed by atoms with Crippen molar-refractivity contribution >= 4 is 11.6 Å². The minimum Gasteiger partial charge on any atom is -0.316 e. The molecule has 1 fully saturated rings. The summed E-state index contributed by atoms with van der Waals surface area (Å²) in [6.07, 6.45) is 2.87. The van der Waals surface area contributed by atoms with Crippen LogP contribution in [0.3, 0.4) is 0 Å². The molecule has 1 aromatic rings. The molecule has 1 saturated heterocycles. The molecule has 0 aromatic heterocycles. The lowest BCUT2D eigenvalue weighted by Crippen LogP contribution is -2.50. The monoisotopic (exact) mass is 244 g/mol. The number of hydrogen-bond acceptors (Lipinski definition) is 2. The average molecular weight is 244 g/mol. The lowest BCUT2D eigenvalue weighted by molar-refractivity contribution is -0.127. The summed E-state index contributed by atoms with van der Waals surface area (Å²) in [5.74, 6) is 0.327. The summed E-state index contributed by atoms with van der Waals surface area (Å²) in [5, 5.41) is 3.36. The number of nitrogens with zero attached hydrogens (tertiary/aromatic N) is 1. The SMILES string of the molecule is CCCN1C(=O)C2(CCNC2)Cc2ccccc21. The molecule has 1 N–H and O–H groups in total. The van der Waals surface area contributed by atoms with Crippen LogP contribution in [-0.4, -0.2) is 25.5 Å². The molecule has 1 unspecified atom stereocenters. The van der Waals surface area contributed by atoms with Gasteiger partial charge in [0.15, 0.2) is 0 Å². The highest BCUT2D eigenvalue weighted by Crippen LogP contribution is 2.41. The van der Waals surface area contributed by atoms with Crippen molar-refractivity contribution in [2.45, 2.75) is 26.2 Å². The number of benzene rings is 1. The number of fused-ring (bicyclic) bond motifs is 1. The Labute approximate surface area is 108 Å². The molecule has 2 heterocycles. The number of carbonyl (C=O) groups is 1. The third-order valence-corrected chi connectivity index (χ3v) is 4.20. The van der Waals surface area contributed by atoms with Crippen LogP contribution in [0.5, 0.6) is 0 Å². The number of carbonyl (C=O) groups excluding carboxylic acids is 1. The molecule has 2 aliphatic rings. The molecule has 0 bridgehead atoms. The van der Waals surface area contributed by atoms with Gasteiger partial charge in [-0.05, 0) is 37.4 Å². The highest BCUT2D eigenvalue weighted by atomic mass is 16.2. The van der Waals surface area contributed by atoms with Crippen molar-refractivity contribution in [2.75, 3.05) is 24.5 Å². The second kappa shape index (κ2) is 4.39. The Morgan fingerprint density at radius 3 is 2.94 bits per heavy atom. The molecule has 96 valence electrons. The third-order valence-electron chi connectivity index (χ3n) is 4.20. The fraction of sp³-hybridized carbons (Fsp3) is 0.533. The van der Waals surface area contributed by atoms with Gasteiger partial charge in [0.25, 0.3) is 0 Å². The molecule has 3 rings (SSSR count). The Kier molecular flexibility index (Phi) is 2.86.